The van der Waals surface area contributed by atoms with E-state index in [0.29, 0.717) is 6.42 Å². The van der Waals surface area contributed by atoms with Gasteiger partial charge >= 0.3 is 11.9 Å². The Morgan fingerprint density at radius 1 is 1.15 bits per heavy atom. The molecule has 0 radical (unpaired) electrons. The fourth-order valence-corrected chi connectivity index (χ4v) is 2.42. The quantitative estimate of drug-likeness (QED) is 0.640. The fourth-order valence-electron chi connectivity index (χ4n) is 2.42. The Balaban J connectivity index is 5.23. The maximum atomic E-state index is 12.1. The van der Waals surface area contributed by atoms with Crippen LogP contribution in [0.1, 0.15) is 47.5 Å². The van der Waals surface area contributed by atoms with Gasteiger partial charge in [0.25, 0.3) is 0 Å². The number of ether oxygens (including phenoxy) is 2. The van der Waals surface area contributed by atoms with Gasteiger partial charge in [0.2, 0.25) is 0 Å². The van der Waals surface area contributed by atoms with Gasteiger partial charge in [-0.25, -0.2) is 0 Å². The number of esters is 2. The second-order valence-corrected chi connectivity index (χ2v) is 5.22. The molecular formula is C15H25NO4. The molecular weight excluding hydrogens is 258 g/mol. The maximum absolute atomic E-state index is 12.1. The van der Waals surface area contributed by atoms with Crippen LogP contribution in [0, 0.1) is 28.6 Å². The molecule has 0 saturated carbocycles. The van der Waals surface area contributed by atoms with Crippen LogP contribution in [0.2, 0.25) is 0 Å². The Kier molecular flexibility index (Phi) is 7.90. The second kappa shape index (κ2) is 8.57. The first-order chi connectivity index (χ1) is 9.33. The lowest BCUT2D eigenvalue weighted by Gasteiger charge is -2.32. The lowest BCUT2D eigenvalue weighted by molar-refractivity contribution is -0.158. The molecule has 5 nitrogen and oxygen atoms in total. The van der Waals surface area contributed by atoms with Crippen molar-refractivity contribution in [1.29, 1.82) is 5.26 Å². The highest BCUT2D eigenvalue weighted by molar-refractivity contribution is 5.80. The molecule has 0 aromatic rings. The number of carbonyl (C=O) groups excluding carboxylic acids is 2. The van der Waals surface area contributed by atoms with Crippen molar-refractivity contribution in [3.63, 3.8) is 0 Å². The molecule has 0 aromatic heterocycles. The van der Waals surface area contributed by atoms with Crippen molar-refractivity contribution in [3.8, 4) is 6.07 Å². The van der Waals surface area contributed by atoms with Crippen LogP contribution in [0.3, 0.4) is 0 Å². The molecule has 0 saturated heterocycles. The summed E-state index contributed by atoms with van der Waals surface area (Å²) in [6, 6.07) is 2.22. The summed E-state index contributed by atoms with van der Waals surface area (Å²) in [4.78, 5) is 23.8. The van der Waals surface area contributed by atoms with Crippen molar-refractivity contribution in [2.24, 2.45) is 17.3 Å². The molecule has 114 valence electrons. The number of carbonyl (C=O) groups is 2. The van der Waals surface area contributed by atoms with E-state index in [-0.39, 0.29) is 25.6 Å². The van der Waals surface area contributed by atoms with E-state index in [4.69, 9.17) is 9.47 Å². The summed E-state index contributed by atoms with van der Waals surface area (Å²) in [5.41, 5.74) is -0.710. The van der Waals surface area contributed by atoms with E-state index < -0.39 is 23.3 Å². The standard InChI is InChI=1S/C15H25NO4/c1-6-12(15(4,5)10-16)11(14(18)20-8-3)9-13(17)19-7-2/h11-12H,6-9H2,1-5H3. The van der Waals surface area contributed by atoms with Gasteiger partial charge in [0.1, 0.15) is 0 Å². The molecule has 0 N–H and O–H groups in total. The Hall–Kier alpha value is -1.57. The minimum Gasteiger partial charge on any atom is -0.466 e. The van der Waals surface area contributed by atoms with E-state index in [2.05, 4.69) is 6.07 Å². The first-order valence-corrected chi connectivity index (χ1v) is 7.07. The van der Waals surface area contributed by atoms with Gasteiger partial charge in [-0.2, -0.15) is 5.26 Å². The highest BCUT2D eigenvalue weighted by Gasteiger charge is 2.40. The van der Waals surface area contributed by atoms with Gasteiger partial charge in [0.15, 0.2) is 0 Å². The molecule has 2 atom stereocenters. The van der Waals surface area contributed by atoms with Crippen molar-refractivity contribution < 1.29 is 19.1 Å². The fraction of sp³-hybridized carbons (Fsp3) is 0.800. The van der Waals surface area contributed by atoms with Crippen LogP contribution in [0.4, 0.5) is 0 Å². The summed E-state index contributed by atoms with van der Waals surface area (Å²) in [7, 11) is 0. The average molecular weight is 283 g/mol. The molecule has 20 heavy (non-hydrogen) atoms. The molecule has 0 heterocycles. The summed E-state index contributed by atoms with van der Waals surface area (Å²) in [5.74, 6) is -1.77. The normalized spacial score (nSPS) is 14.0. The van der Waals surface area contributed by atoms with E-state index in [1.807, 2.05) is 6.92 Å². The summed E-state index contributed by atoms with van der Waals surface area (Å²) >= 11 is 0. The molecule has 0 aromatic carbocycles. The van der Waals surface area contributed by atoms with Crippen molar-refractivity contribution in [3.05, 3.63) is 0 Å². The van der Waals surface area contributed by atoms with Gasteiger partial charge < -0.3 is 9.47 Å². The topological polar surface area (TPSA) is 76.4 Å². The van der Waals surface area contributed by atoms with Crippen molar-refractivity contribution in [1.82, 2.24) is 0 Å². The molecule has 0 rings (SSSR count). The molecule has 0 aliphatic rings. The van der Waals surface area contributed by atoms with Gasteiger partial charge in [0.05, 0.1) is 37.0 Å². The van der Waals surface area contributed by atoms with E-state index in [0.717, 1.165) is 0 Å². The molecule has 0 amide bonds. The maximum Gasteiger partial charge on any atom is 0.309 e. The minimum atomic E-state index is -0.710. The van der Waals surface area contributed by atoms with Crippen LogP contribution in [-0.2, 0) is 19.1 Å². The lowest BCUT2D eigenvalue weighted by Crippen LogP contribution is -2.36. The van der Waals surface area contributed by atoms with Crippen LogP contribution in [0.25, 0.3) is 0 Å². The van der Waals surface area contributed by atoms with E-state index in [1.165, 1.54) is 0 Å². The monoisotopic (exact) mass is 283 g/mol. The Labute approximate surface area is 121 Å². The Morgan fingerprint density at radius 2 is 1.70 bits per heavy atom. The van der Waals surface area contributed by atoms with Gasteiger partial charge in [0, 0.05) is 0 Å². The molecule has 0 bridgehead atoms. The number of nitriles is 1. The summed E-state index contributed by atoms with van der Waals surface area (Å²) < 4.78 is 9.96. The van der Waals surface area contributed by atoms with Crippen LogP contribution < -0.4 is 0 Å². The highest BCUT2D eigenvalue weighted by atomic mass is 16.5. The van der Waals surface area contributed by atoms with Gasteiger partial charge in [-0.15, -0.1) is 0 Å². The smallest absolute Gasteiger partial charge is 0.309 e. The molecule has 0 fully saturated rings. The number of hydrogen-bond acceptors (Lipinski definition) is 5. The first-order valence-electron chi connectivity index (χ1n) is 7.07. The predicted molar refractivity (Wildman–Crippen MR) is 74.5 cm³/mol. The van der Waals surface area contributed by atoms with Crippen molar-refractivity contribution >= 4 is 11.9 Å². The summed E-state index contributed by atoms with van der Waals surface area (Å²) in [5, 5.41) is 9.28. The van der Waals surface area contributed by atoms with Gasteiger partial charge in [-0.3, -0.25) is 9.59 Å². The van der Waals surface area contributed by atoms with E-state index >= 15 is 0 Å². The third-order valence-corrected chi connectivity index (χ3v) is 3.42. The zero-order valence-electron chi connectivity index (χ0n) is 13.1. The zero-order chi connectivity index (χ0) is 15.8. The third kappa shape index (κ3) is 5.20. The Morgan fingerprint density at radius 3 is 2.10 bits per heavy atom. The Bertz CT molecular complexity index is 371. The van der Waals surface area contributed by atoms with Crippen LogP contribution in [0.5, 0.6) is 0 Å². The first kappa shape index (κ1) is 18.4. The van der Waals surface area contributed by atoms with Crippen LogP contribution in [-0.4, -0.2) is 25.2 Å². The molecule has 0 aliphatic carbocycles. The van der Waals surface area contributed by atoms with E-state index in [1.54, 1.807) is 27.7 Å². The number of nitrogens with zero attached hydrogens (tertiary/aromatic N) is 1. The zero-order valence-corrected chi connectivity index (χ0v) is 13.1. The SMILES string of the molecule is CCOC(=O)CC(C(=O)OCC)C(CC)C(C)(C)C#N. The van der Waals surface area contributed by atoms with Gasteiger partial charge in [-0.1, -0.05) is 13.3 Å². The van der Waals surface area contributed by atoms with Gasteiger partial charge in [-0.05, 0) is 33.6 Å². The van der Waals surface area contributed by atoms with E-state index in [9.17, 15) is 14.9 Å². The number of hydrogen-bond donors (Lipinski definition) is 0. The third-order valence-electron chi connectivity index (χ3n) is 3.42. The minimum absolute atomic E-state index is 0.0453. The van der Waals surface area contributed by atoms with Crippen LogP contribution >= 0.6 is 0 Å². The predicted octanol–water partition coefficient (Wildman–Crippen LogP) is 2.69. The highest BCUT2D eigenvalue weighted by Crippen LogP contribution is 2.37. The van der Waals surface area contributed by atoms with Crippen LogP contribution in [0.15, 0.2) is 0 Å². The largest absolute Gasteiger partial charge is 0.466 e. The lowest BCUT2D eigenvalue weighted by atomic mass is 9.70. The summed E-state index contributed by atoms with van der Waals surface area (Å²) in [6.45, 7) is 9.41. The average Bonchev–Trinajstić information content (AvgIpc) is 2.38. The van der Waals surface area contributed by atoms with Crippen molar-refractivity contribution in [2.45, 2.75) is 47.5 Å². The number of rotatable bonds is 8. The second-order valence-electron chi connectivity index (χ2n) is 5.22. The molecule has 0 aliphatic heterocycles. The molecule has 2 unspecified atom stereocenters. The summed E-state index contributed by atoms with van der Waals surface area (Å²) in [6.07, 6.45) is 0.569. The van der Waals surface area contributed by atoms with Crippen molar-refractivity contribution in [2.75, 3.05) is 13.2 Å². The molecule has 5 heteroatoms. The molecule has 0 spiro atoms.